The smallest absolute Gasteiger partial charge is 0.414 e. The van der Waals surface area contributed by atoms with Crippen LogP contribution in [0.4, 0.5) is 19.0 Å². The molecule has 0 bridgehead atoms. The van der Waals surface area contributed by atoms with Crippen LogP contribution in [0.5, 0.6) is 5.75 Å². The molecule has 12 heteroatoms. The average Bonchev–Trinajstić information content (AvgIpc) is 2.79. The highest BCUT2D eigenvalue weighted by molar-refractivity contribution is 5.92. The van der Waals surface area contributed by atoms with Gasteiger partial charge in [0.25, 0.3) is 5.91 Å². The molecule has 5 N–H and O–H groups in total. The van der Waals surface area contributed by atoms with Crippen LogP contribution in [0.3, 0.4) is 0 Å². The third kappa shape index (κ3) is 5.75. The number of carbonyl (C=O) groups excluding carboxylic acids is 2. The number of aromatic nitrogens is 2. The molecule has 1 aromatic heterocycles. The van der Waals surface area contributed by atoms with Crippen LogP contribution in [0.15, 0.2) is 53.6 Å². The Hall–Kier alpha value is -4.40. The Balaban J connectivity index is 1.85. The summed E-state index contributed by atoms with van der Waals surface area (Å²) in [5.41, 5.74) is 9.56. The summed E-state index contributed by atoms with van der Waals surface area (Å²) in [6.07, 6.45) is -3.10. The lowest BCUT2D eigenvalue weighted by molar-refractivity contribution is -0.118. The molecule has 0 saturated carbocycles. The van der Waals surface area contributed by atoms with Gasteiger partial charge >= 0.3 is 6.18 Å². The number of nitriles is 1. The standard InChI is InChI=1S/C23H21F3N6O3/c1-11-17(8-5-14(10-27)19(11)23(24,25)26)35-15-6-3-13(4-7-15)22-31-16(21(29)34)9-18(32-22)30-12(2)20(28)33/h3-9,11-12,17H,1-2H3,(H2,28,33)(H2,29,34)(H,30,31,32)/t11?,12-,17?/m0/s1. The van der Waals surface area contributed by atoms with Crippen molar-refractivity contribution >= 4 is 17.6 Å². The summed E-state index contributed by atoms with van der Waals surface area (Å²) in [6.45, 7) is 2.85. The summed E-state index contributed by atoms with van der Waals surface area (Å²) in [5.74, 6) is -2.03. The van der Waals surface area contributed by atoms with Gasteiger partial charge in [-0.1, -0.05) is 6.92 Å². The van der Waals surface area contributed by atoms with Crippen molar-refractivity contribution in [2.75, 3.05) is 5.32 Å². The Bertz CT molecular complexity index is 1250. The van der Waals surface area contributed by atoms with E-state index in [-0.39, 0.29) is 23.1 Å². The zero-order valence-corrected chi connectivity index (χ0v) is 18.6. The van der Waals surface area contributed by atoms with Crippen molar-refractivity contribution < 1.29 is 27.5 Å². The van der Waals surface area contributed by atoms with Crippen LogP contribution < -0.4 is 21.5 Å². The lowest BCUT2D eigenvalue weighted by Gasteiger charge is -2.29. The average molecular weight is 486 g/mol. The van der Waals surface area contributed by atoms with E-state index < -0.39 is 47.2 Å². The van der Waals surface area contributed by atoms with Crippen molar-refractivity contribution in [2.45, 2.75) is 32.2 Å². The summed E-state index contributed by atoms with van der Waals surface area (Å²) in [5, 5.41) is 11.8. The van der Waals surface area contributed by atoms with Crippen molar-refractivity contribution in [3.63, 3.8) is 0 Å². The normalized spacial score (nSPS) is 18.5. The highest BCUT2D eigenvalue weighted by Crippen LogP contribution is 2.39. The molecular weight excluding hydrogens is 465 g/mol. The maximum atomic E-state index is 13.5. The van der Waals surface area contributed by atoms with Crippen molar-refractivity contribution in [3.05, 3.63) is 59.3 Å². The predicted molar refractivity (Wildman–Crippen MR) is 120 cm³/mol. The van der Waals surface area contributed by atoms with Crippen molar-refractivity contribution in [1.29, 1.82) is 5.26 Å². The second-order valence-electron chi connectivity index (χ2n) is 7.79. The van der Waals surface area contributed by atoms with E-state index in [0.717, 1.165) is 6.08 Å². The zero-order chi connectivity index (χ0) is 25.9. The monoisotopic (exact) mass is 486 g/mol. The van der Waals surface area contributed by atoms with Gasteiger partial charge in [-0.3, -0.25) is 9.59 Å². The van der Waals surface area contributed by atoms with Gasteiger partial charge < -0.3 is 21.5 Å². The minimum absolute atomic E-state index is 0.101. The SMILES string of the molecule is CC1C(C(F)(F)F)=C(C#N)C=CC1Oc1ccc(-c2nc(N[C@@H](C)C(N)=O)cc(C(N)=O)n2)cc1. The van der Waals surface area contributed by atoms with Gasteiger partial charge in [0, 0.05) is 17.5 Å². The number of ether oxygens (including phenoxy) is 1. The fraction of sp³-hybridized carbons (Fsp3) is 0.261. The highest BCUT2D eigenvalue weighted by Gasteiger charge is 2.43. The summed E-state index contributed by atoms with van der Waals surface area (Å²) in [7, 11) is 0. The summed E-state index contributed by atoms with van der Waals surface area (Å²) in [6, 6.07) is 8.19. The lowest BCUT2D eigenvalue weighted by atomic mass is 9.86. The lowest BCUT2D eigenvalue weighted by Crippen LogP contribution is -2.33. The number of nitrogens with one attached hydrogen (secondary N) is 1. The number of alkyl halides is 3. The first kappa shape index (κ1) is 25.2. The fourth-order valence-electron chi connectivity index (χ4n) is 3.42. The number of carbonyl (C=O) groups is 2. The van der Waals surface area contributed by atoms with E-state index in [1.54, 1.807) is 18.2 Å². The van der Waals surface area contributed by atoms with Crippen LogP contribution in [-0.4, -0.2) is 40.1 Å². The molecule has 3 atom stereocenters. The third-order valence-electron chi connectivity index (χ3n) is 5.27. The van der Waals surface area contributed by atoms with Crippen LogP contribution in [0.25, 0.3) is 11.4 Å². The number of hydrogen-bond acceptors (Lipinski definition) is 7. The zero-order valence-electron chi connectivity index (χ0n) is 18.6. The summed E-state index contributed by atoms with van der Waals surface area (Å²) < 4.78 is 46.1. The topological polar surface area (TPSA) is 157 Å². The van der Waals surface area contributed by atoms with E-state index in [0.29, 0.717) is 5.56 Å². The Morgan fingerprint density at radius 2 is 1.86 bits per heavy atom. The third-order valence-corrected chi connectivity index (χ3v) is 5.27. The van der Waals surface area contributed by atoms with Gasteiger partial charge in [0.05, 0.1) is 17.2 Å². The number of hydrogen-bond donors (Lipinski definition) is 3. The molecule has 2 amide bonds. The molecule has 0 aliphatic heterocycles. The fourth-order valence-corrected chi connectivity index (χ4v) is 3.42. The minimum atomic E-state index is -4.67. The van der Waals surface area contributed by atoms with Crippen LogP contribution in [0.1, 0.15) is 24.3 Å². The molecule has 0 saturated heterocycles. The van der Waals surface area contributed by atoms with Crippen molar-refractivity contribution in [3.8, 4) is 23.2 Å². The second-order valence-corrected chi connectivity index (χ2v) is 7.79. The maximum Gasteiger partial charge on any atom is 0.414 e. The largest absolute Gasteiger partial charge is 0.486 e. The number of benzene rings is 1. The van der Waals surface area contributed by atoms with Gasteiger partial charge in [-0.15, -0.1) is 0 Å². The molecule has 2 unspecified atom stereocenters. The number of anilines is 1. The number of amides is 2. The number of nitrogens with zero attached hydrogens (tertiary/aromatic N) is 3. The molecule has 35 heavy (non-hydrogen) atoms. The molecule has 0 fully saturated rings. The van der Waals surface area contributed by atoms with Crippen LogP contribution in [-0.2, 0) is 4.79 Å². The van der Waals surface area contributed by atoms with E-state index in [1.807, 2.05) is 0 Å². The molecule has 1 aromatic carbocycles. The molecule has 3 rings (SSSR count). The number of rotatable bonds is 7. The first-order chi connectivity index (χ1) is 16.4. The maximum absolute atomic E-state index is 13.5. The Kier molecular flexibility index (Phi) is 7.09. The molecule has 9 nitrogen and oxygen atoms in total. The summed E-state index contributed by atoms with van der Waals surface area (Å²) >= 11 is 0. The Morgan fingerprint density at radius 3 is 2.40 bits per heavy atom. The van der Waals surface area contributed by atoms with Crippen LogP contribution in [0.2, 0.25) is 0 Å². The van der Waals surface area contributed by atoms with E-state index in [4.69, 9.17) is 21.5 Å². The number of primary amides is 2. The molecule has 1 heterocycles. The van der Waals surface area contributed by atoms with E-state index >= 15 is 0 Å². The van der Waals surface area contributed by atoms with Crippen molar-refractivity contribution in [2.24, 2.45) is 17.4 Å². The van der Waals surface area contributed by atoms with Crippen LogP contribution in [0, 0.1) is 17.2 Å². The number of nitrogens with two attached hydrogens (primary N) is 2. The van der Waals surface area contributed by atoms with Crippen molar-refractivity contribution in [1.82, 2.24) is 9.97 Å². The molecular formula is C23H21F3N6O3. The first-order valence-corrected chi connectivity index (χ1v) is 10.3. The Morgan fingerprint density at radius 1 is 1.20 bits per heavy atom. The number of halogens is 3. The predicted octanol–water partition coefficient (Wildman–Crippen LogP) is 2.86. The van der Waals surface area contributed by atoms with Gasteiger partial charge in [-0.05, 0) is 43.3 Å². The second kappa shape index (κ2) is 9.84. The van der Waals surface area contributed by atoms with Gasteiger partial charge in [0.1, 0.15) is 29.4 Å². The minimum Gasteiger partial charge on any atom is -0.486 e. The molecule has 0 spiro atoms. The van der Waals surface area contributed by atoms with E-state index in [2.05, 4.69) is 15.3 Å². The molecule has 2 aromatic rings. The van der Waals surface area contributed by atoms with Gasteiger partial charge in [0.15, 0.2) is 5.82 Å². The Labute approximate surface area is 198 Å². The molecule has 0 radical (unpaired) electrons. The molecule has 182 valence electrons. The van der Waals surface area contributed by atoms with E-state index in [1.165, 1.54) is 38.1 Å². The van der Waals surface area contributed by atoms with Crippen LogP contribution >= 0.6 is 0 Å². The highest BCUT2D eigenvalue weighted by atomic mass is 19.4. The molecule has 1 aliphatic carbocycles. The molecule has 1 aliphatic rings. The summed E-state index contributed by atoms with van der Waals surface area (Å²) in [4.78, 5) is 31.4. The van der Waals surface area contributed by atoms with E-state index in [9.17, 15) is 22.8 Å². The van der Waals surface area contributed by atoms with Gasteiger partial charge in [-0.2, -0.15) is 18.4 Å². The van der Waals surface area contributed by atoms with Gasteiger partial charge in [-0.25, -0.2) is 9.97 Å². The number of allylic oxidation sites excluding steroid dienone is 2. The quantitative estimate of drug-likeness (QED) is 0.543. The van der Waals surface area contributed by atoms with Gasteiger partial charge in [0.2, 0.25) is 5.91 Å². The first-order valence-electron chi connectivity index (χ1n) is 10.3.